The Labute approximate surface area is 568 Å². The predicted molar refractivity (Wildman–Crippen MR) is 417 cm³/mol. The normalized spacial score (nSPS) is 12.8. The lowest BCUT2D eigenvalue weighted by atomic mass is 9.93. The third-order valence-electron chi connectivity index (χ3n) is 17.9. The molecule has 0 bridgehead atoms. The minimum absolute atomic E-state index is 0.806. The summed E-state index contributed by atoms with van der Waals surface area (Å²) in [7, 11) is 8.74. The van der Waals surface area contributed by atoms with Gasteiger partial charge in [0.25, 0.3) is 0 Å². The zero-order valence-corrected chi connectivity index (χ0v) is 62.6. The topological polar surface area (TPSA) is 6.48 Å². The number of unbranched alkanes of at least 4 members (excludes halogenated alkanes) is 38. The highest BCUT2D eigenvalue weighted by Gasteiger charge is 2.07. The fraction of sp³-hybridized carbons (Fsp3) is 0.773. The molecule has 90 heavy (non-hydrogen) atoms. The summed E-state index contributed by atoms with van der Waals surface area (Å²) in [4.78, 5) is 4.61. The molecule has 0 radical (unpaired) electrons. The van der Waals surface area contributed by atoms with E-state index in [2.05, 4.69) is 187 Å². The molecule has 0 heterocycles. The van der Waals surface area contributed by atoms with Gasteiger partial charge in [-0.05, 0) is 233 Å². The van der Waals surface area contributed by atoms with Crippen molar-refractivity contribution in [1.29, 1.82) is 0 Å². The van der Waals surface area contributed by atoms with Crippen LogP contribution in [0, 0.1) is 11.8 Å². The zero-order valence-electron chi connectivity index (χ0n) is 62.6. The minimum Gasteiger partial charge on any atom is -0.309 e. The summed E-state index contributed by atoms with van der Waals surface area (Å²) in [5, 5.41) is 0. The third kappa shape index (κ3) is 83.3. The largest absolute Gasteiger partial charge is 0.309 e. The van der Waals surface area contributed by atoms with Gasteiger partial charge in [-0.1, -0.05) is 329 Å². The Balaban J connectivity index is 0. The predicted octanol–water partition coefficient (Wildman–Crippen LogP) is 29.8. The summed E-state index contributed by atoms with van der Waals surface area (Å²) in [5.74, 6) is 1.61. The quantitative estimate of drug-likeness (QED) is 0.0442. The molecule has 0 aromatic carbocycles. The van der Waals surface area contributed by atoms with Gasteiger partial charge in [-0.2, -0.15) is 0 Å². The zero-order chi connectivity index (χ0) is 65.5. The summed E-state index contributed by atoms with van der Waals surface area (Å²) in [6.45, 7) is 11.5. The maximum Gasteiger partial charge on any atom is -0.00219 e. The molecule has 0 spiro atoms. The Morgan fingerprint density at radius 3 is 0.567 bits per heavy atom. The molecule has 0 aliphatic heterocycles. The minimum atomic E-state index is 0.806. The van der Waals surface area contributed by atoms with E-state index in [1.165, 1.54) is 347 Å². The Hall–Kier alpha value is -2.68. The monoisotopic (exact) mass is 1250 g/mol. The molecule has 0 N–H and O–H groups in total. The first-order valence-electron chi connectivity index (χ1n) is 40.2. The summed E-state index contributed by atoms with van der Waals surface area (Å²) in [6.07, 6.45) is 123. The van der Waals surface area contributed by atoms with Crippen LogP contribution in [0.5, 0.6) is 0 Å². The van der Waals surface area contributed by atoms with Gasteiger partial charge in [0.05, 0.1) is 0 Å². The Bertz CT molecular complexity index is 1410. The molecule has 2 nitrogen and oxygen atoms in total. The average Bonchev–Trinajstić information content (AvgIpc) is 3.56. The fourth-order valence-electron chi connectivity index (χ4n) is 11.9. The summed E-state index contributed by atoms with van der Waals surface area (Å²) < 4.78 is 0. The van der Waals surface area contributed by atoms with E-state index < -0.39 is 0 Å². The van der Waals surface area contributed by atoms with Crippen LogP contribution in [0.25, 0.3) is 0 Å². The summed E-state index contributed by atoms with van der Waals surface area (Å²) in [5.41, 5.74) is 0. The number of allylic oxidation sites excluding steroid dienone is 20. The van der Waals surface area contributed by atoms with Crippen molar-refractivity contribution >= 4 is 0 Å². The van der Waals surface area contributed by atoms with Gasteiger partial charge in [0, 0.05) is 0 Å². The summed E-state index contributed by atoms with van der Waals surface area (Å²) in [6, 6.07) is 0. The molecule has 0 rings (SSSR count). The molecular formula is C88H162N2. The first-order chi connectivity index (χ1) is 44.4. The lowest BCUT2D eigenvalue weighted by Gasteiger charge is -2.13. The fourth-order valence-corrected chi connectivity index (χ4v) is 11.9. The standard InChI is InChI=1S/2C44H81N/c2*1-5-7-9-11-13-15-17-19-21-23-25-27-29-31-33-36-40-44(42-38-35-39-43-45(3)4)41-37-34-32-30-28-26-24-22-20-18-16-14-12-10-8-6-2/h2*13-16,19-22,38,42,44H,5-12,17-18,23-37,39-41,43H2,1-4H3/b15-13-,16-14-,21-19-,22-20-,42-38+;15-13-,16-14-,21-19-,22-20-,42-38-. The molecule has 2 heteroatoms. The van der Waals surface area contributed by atoms with Crippen LogP contribution < -0.4 is 0 Å². The van der Waals surface area contributed by atoms with E-state index >= 15 is 0 Å². The molecule has 0 atom stereocenters. The Morgan fingerprint density at radius 1 is 0.189 bits per heavy atom. The van der Waals surface area contributed by atoms with Crippen LogP contribution in [0.15, 0.2) is 122 Å². The van der Waals surface area contributed by atoms with Crippen LogP contribution in [0.4, 0.5) is 0 Å². The molecule has 0 saturated heterocycles. The van der Waals surface area contributed by atoms with E-state index in [1.807, 2.05) is 0 Å². The Kier molecular flexibility index (Phi) is 81.8. The molecule has 0 amide bonds. The van der Waals surface area contributed by atoms with Crippen LogP contribution in [-0.2, 0) is 0 Å². The van der Waals surface area contributed by atoms with Gasteiger partial charge in [0.1, 0.15) is 0 Å². The van der Waals surface area contributed by atoms with E-state index in [0.29, 0.717) is 0 Å². The second kappa shape index (κ2) is 82.4. The van der Waals surface area contributed by atoms with Crippen molar-refractivity contribution < 1.29 is 0 Å². The molecule has 0 aliphatic carbocycles. The highest BCUT2D eigenvalue weighted by molar-refractivity contribution is 4.96. The van der Waals surface area contributed by atoms with Crippen LogP contribution in [0.1, 0.15) is 387 Å². The lowest BCUT2D eigenvalue weighted by molar-refractivity contribution is 0.401. The number of hydrogen-bond donors (Lipinski definition) is 0. The van der Waals surface area contributed by atoms with E-state index in [0.717, 1.165) is 37.5 Å². The van der Waals surface area contributed by atoms with Gasteiger partial charge in [0.2, 0.25) is 0 Å². The highest BCUT2D eigenvalue weighted by Crippen LogP contribution is 2.23. The number of hydrogen-bond acceptors (Lipinski definition) is 2. The van der Waals surface area contributed by atoms with Gasteiger partial charge >= 0.3 is 0 Å². The number of nitrogens with zero attached hydrogens (tertiary/aromatic N) is 2. The van der Waals surface area contributed by atoms with Crippen molar-refractivity contribution in [2.75, 3.05) is 41.3 Å². The van der Waals surface area contributed by atoms with Gasteiger partial charge in [-0.15, -0.1) is 0 Å². The number of rotatable bonds is 70. The van der Waals surface area contributed by atoms with Gasteiger partial charge in [-0.3, -0.25) is 0 Å². The van der Waals surface area contributed by atoms with Crippen molar-refractivity contribution in [2.45, 2.75) is 387 Å². The second-order valence-electron chi connectivity index (χ2n) is 27.8. The van der Waals surface area contributed by atoms with Gasteiger partial charge in [-0.25, -0.2) is 0 Å². The first kappa shape index (κ1) is 89.4. The van der Waals surface area contributed by atoms with Crippen LogP contribution in [-0.4, -0.2) is 51.1 Å². The van der Waals surface area contributed by atoms with Crippen molar-refractivity contribution in [3.05, 3.63) is 122 Å². The van der Waals surface area contributed by atoms with Crippen LogP contribution >= 0.6 is 0 Å². The molecule has 0 aliphatic rings. The molecule has 0 aromatic heterocycles. The van der Waals surface area contributed by atoms with Crippen molar-refractivity contribution in [3.8, 4) is 0 Å². The van der Waals surface area contributed by atoms with Gasteiger partial charge < -0.3 is 9.80 Å². The van der Waals surface area contributed by atoms with Crippen molar-refractivity contribution in [2.24, 2.45) is 11.8 Å². The SMILES string of the molecule is CCCCC/C=C\C/C=C\CCCCCCCCC(/C=C/CCCN(C)C)CCCCCCCC/C=C\C/C=C\CCCCC.CCCCC/C=C\C/C=C\CCCCCCCCC(/C=C\CCCN(C)C)CCCCCCCC/C=C\C/C=C\CCCCC. The van der Waals surface area contributed by atoms with Crippen molar-refractivity contribution in [1.82, 2.24) is 9.80 Å². The molecular weight excluding hydrogens is 1080 g/mol. The Morgan fingerprint density at radius 2 is 0.367 bits per heavy atom. The summed E-state index contributed by atoms with van der Waals surface area (Å²) >= 11 is 0. The van der Waals surface area contributed by atoms with Crippen LogP contribution in [0.3, 0.4) is 0 Å². The van der Waals surface area contributed by atoms with E-state index in [-0.39, 0.29) is 0 Å². The molecule has 524 valence electrons. The maximum absolute atomic E-state index is 2.59. The maximum atomic E-state index is 2.59. The smallest absolute Gasteiger partial charge is 0.00219 e. The molecule has 0 fully saturated rings. The average molecular weight is 1250 g/mol. The third-order valence-corrected chi connectivity index (χ3v) is 17.9. The van der Waals surface area contributed by atoms with Gasteiger partial charge in [0.15, 0.2) is 0 Å². The molecule has 0 aromatic rings. The van der Waals surface area contributed by atoms with Crippen molar-refractivity contribution in [3.63, 3.8) is 0 Å². The lowest BCUT2D eigenvalue weighted by Crippen LogP contribution is -2.12. The first-order valence-corrected chi connectivity index (χ1v) is 40.2. The highest BCUT2D eigenvalue weighted by atomic mass is 15.0. The second-order valence-corrected chi connectivity index (χ2v) is 27.8. The molecule has 0 saturated carbocycles. The van der Waals surface area contributed by atoms with Crippen LogP contribution in [0.2, 0.25) is 0 Å². The van der Waals surface area contributed by atoms with E-state index in [1.54, 1.807) is 0 Å². The van der Waals surface area contributed by atoms with E-state index in [9.17, 15) is 0 Å². The van der Waals surface area contributed by atoms with E-state index in [4.69, 9.17) is 0 Å². The molecule has 0 unspecified atom stereocenters.